The Morgan fingerprint density at radius 1 is 1.24 bits per heavy atom. The standard InChI is InChI=1S/C15H20N2O4/c1-8(2)15(4,14(16)21)17-12(18)11-7-9(3)5-6-10(11)13(19)20/h5-8H,1-4H3,(H2,16,21)(H,17,18)(H,19,20). The van der Waals surface area contributed by atoms with Crippen molar-refractivity contribution < 1.29 is 19.5 Å². The number of aryl methyl sites for hydroxylation is 1. The second kappa shape index (κ2) is 5.95. The quantitative estimate of drug-likeness (QED) is 0.760. The second-order valence-corrected chi connectivity index (χ2v) is 5.53. The highest BCUT2D eigenvalue weighted by Gasteiger charge is 2.37. The summed E-state index contributed by atoms with van der Waals surface area (Å²) < 4.78 is 0. The van der Waals surface area contributed by atoms with E-state index in [2.05, 4.69) is 5.32 Å². The zero-order valence-corrected chi connectivity index (χ0v) is 12.6. The first-order valence-corrected chi connectivity index (χ1v) is 6.56. The smallest absolute Gasteiger partial charge is 0.336 e. The van der Waals surface area contributed by atoms with Gasteiger partial charge in [-0.3, -0.25) is 9.59 Å². The van der Waals surface area contributed by atoms with Crippen molar-refractivity contribution in [2.45, 2.75) is 33.2 Å². The highest BCUT2D eigenvalue weighted by molar-refractivity contribution is 6.06. The first kappa shape index (κ1) is 16.7. The summed E-state index contributed by atoms with van der Waals surface area (Å²) in [6.45, 7) is 6.77. The molecule has 0 aliphatic heterocycles. The number of nitrogens with one attached hydrogen (secondary N) is 1. The lowest BCUT2D eigenvalue weighted by molar-refractivity contribution is -0.125. The van der Waals surface area contributed by atoms with Crippen molar-refractivity contribution in [2.75, 3.05) is 0 Å². The Hall–Kier alpha value is -2.37. The minimum atomic E-state index is -1.25. The van der Waals surface area contributed by atoms with Crippen LogP contribution in [0.1, 0.15) is 47.1 Å². The Morgan fingerprint density at radius 2 is 1.81 bits per heavy atom. The molecule has 0 fully saturated rings. The molecule has 1 unspecified atom stereocenters. The van der Waals surface area contributed by atoms with Gasteiger partial charge in [0, 0.05) is 0 Å². The van der Waals surface area contributed by atoms with Crippen LogP contribution < -0.4 is 11.1 Å². The van der Waals surface area contributed by atoms with E-state index in [9.17, 15) is 14.4 Å². The van der Waals surface area contributed by atoms with Gasteiger partial charge in [0.25, 0.3) is 5.91 Å². The lowest BCUT2D eigenvalue weighted by Gasteiger charge is -2.31. The molecule has 1 aromatic rings. The van der Waals surface area contributed by atoms with Gasteiger partial charge < -0.3 is 16.2 Å². The van der Waals surface area contributed by atoms with Crippen LogP contribution in [0, 0.1) is 12.8 Å². The third-order valence-corrected chi connectivity index (χ3v) is 3.69. The lowest BCUT2D eigenvalue weighted by Crippen LogP contribution is -2.58. The predicted molar refractivity (Wildman–Crippen MR) is 78.0 cm³/mol. The molecule has 0 bridgehead atoms. The van der Waals surface area contributed by atoms with Gasteiger partial charge in [0.1, 0.15) is 5.54 Å². The Labute approximate surface area is 123 Å². The van der Waals surface area contributed by atoms with Crippen molar-refractivity contribution in [3.05, 3.63) is 34.9 Å². The van der Waals surface area contributed by atoms with Gasteiger partial charge in [-0.25, -0.2) is 4.79 Å². The molecule has 1 aromatic carbocycles. The van der Waals surface area contributed by atoms with Gasteiger partial charge in [0.05, 0.1) is 11.1 Å². The Morgan fingerprint density at radius 3 is 2.24 bits per heavy atom. The maximum absolute atomic E-state index is 12.4. The van der Waals surface area contributed by atoms with Crippen LogP contribution in [0.4, 0.5) is 0 Å². The third kappa shape index (κ3) is 3.39. The number of carbonyl (C=O) groups excluding carboxylic acids is 2. The number of aromatic carboxylic acids is 1. The summed E-state index contributed by atoms with van der Waals surface area (Å²) >= 11 is 0. The summed E-state index contributed by atoms with van der Waals surface area (Å²) in [5.74, 6) is -2.75. The van der Waals surface area contributed by atoms with Crippen molar-refractivity contribution in [1.82, 2.24) is 5.32 Å². The van der Waals surface area contributed by atoms with E-state index in [0.717, 1.165) is 5.56 Å². The van der Waals surface area contributed by atoms with Crippen LogP contribution in [0.2, 0.25) is 0 Å². The molecule has 0 heterocycles. The molecule has 0 spiro atoms. The van der Waals surface area contributed by atoms with Crippen LogP contribution in [0.25, 0.3) is 0 Å². The summed E-state index contributed by atoms with van der Waals surface area (Å²) in [7, 11) is 0. The Kier molecular flexibility index (Phi) is 4.73. The number of carboxylic acid groups (broad SMARTS) is 1. The minimum absolute atomic E-state index is 0.00984. The van der Waals surface area contributed by atoms with Gasteiger partial charge in [-0.05, 0) is 31.9 Å². The van der Waals surface area contributed by atoms with E-state index in [0.29, 0.717) is 0 Å². The number of amides is 2. The van der Waals surface area contributed by atoms with E-state index in [1.54, 1.807) is 26.8 Å². The van der Waals surface area contributed by atoms with Gasteiger partial charge in [0.2, 0.25) is 5.91 Å². The second-order valence-electron chi connectivity index (χ2n) is 5.53. The average molecular weight is 292 g/mol. The predicted octanol–water partition coefficient (Wildman–Crippen LogP) is 1.32. The fourth-order valence-corrected chi connectivity index (χ4v) is 1.83. The molecule has 2 amide bonds. The number of hydrogen-bond donors (Lipinski definition) is 3. The molecule has 0 radical (unpaired) electrons. The molecule has 4 N–H and O–H groups in total. The molecule has 0 aliphatic rings. The van der Waals surface area contributed by atoms with Gasteiger partial charge in [-0.2, -0.15) is 0 Å². The fourth-order valence-electron chi connectivity index (χ4n) is 1.83. The molecule has 0 aliphatic carbocycles. The Bertz CT molecular complexity index is 595. The zero-order valence-electron chi connectivity index (χ0n) is 12.6. The van der Waals surface area contributed by atoms with Crippen LogP contribution in [0.3, 0.4) is 0 Å². The van der Waals surface area contributed by atoms with E-state index in [1.807, 2.05) is 0 Å². The number of primary amides is 1. The maximum atomic E-state index is 12.4. The molecule has 114 valence electrons. The molecule has 21 heavy (non-hydrogen) atoms. The number of carboxylic acids is 1. The highest BCUT2D eigenvalue weighted by Crippen LogP contribution is 2.19. The summed E-state index contributed by atoms with van der Waals surface area (Å²) in [6, 6.07) is 4.44. The fraction of sp³-hybridized carbons (Fsp3) is 0.400. The van der Waals surface area contributed by atoms with Crippen molar-refractivity contribution in [2.24, 2.45) is 11.7 Å². The number of benzene rings is 1. The summed E-state index contributed by atoms with van der Waals surface area (Å²) in [5, 5.41) is 11.7. The largest absolute Gasteiger partial charge is 0.478 e. The molecule has 0 saturated carbocycles. The van der Waals surface area contributed by atoms with Gasteiger partial charge in [0.15, 0.2) is 0 Å². The van der Waals surface area contributed by atoms with Gasteiger partial charge in [-0.15, -0.1) is 0 Å². The Balaban J connectivity index is 3.23. The first-order chi connectivity index (χ1) is 9.59. The average Bonchev–Trinajstić information content (AvgIpc) is 2.37. The van der Waals surface area contributed by atoms with Gasteiger partial charge >= 0.3 is 5.97 Å². The van der Waals surface area contributed by atoms with Crippen LogP contribution in [-0.2, 0) is 4.79 Å². The van der Waals surface area contributed by atoms with Crippen molar-refractivity contribution in [1.29, 1.82) is 0 Å². The first-order valence-electron chi connectivity index (χ1n) is 6.56. The SMILES string of the molecule is Cc1ccc(C(=O)O)c(C(=O)NC(C)(C(N)=O)C(C)C)c1. The topological polar surface area (TPSA) is 109 Å². The molecule has 1 atom stereocenters. The molecule has 6 heteroatoms. The molecule has 1 rings (SSSR count). The van der Waals surface area contributed by atoms with Crippen LogP contribution >= 0.6 is 0 Å². The van der Waals surface area contributed by atoms with E-state index in [1.165, 1.54) is 19.1 Å². The van der Waals surface area contributed by atoms with E-state index in [-0.39, 0.29) is 17.0 Å². The van der Waals surface area contributed by atoms with Crippen LogP contribution in [-0.4, -0.2) is 28.4 Å². The number of nitrogens with two attached hydrogens (primary N) is 1. The van der Waals surface area contributed by atoms with E-state index in [4.69, 9.17) is 10.8 Å². The zero-order chi connectivity index (χ0) is 16.4. The minimum Gasteiger partial charge on any atom is -0.478 e. The highest BCUT2D eigenvalue weighted by atomic mass is 16.4. The summed E-state index contributed by atoms with van der Waals surface area (Å²) in [5.41, 5.74) is 4.74. The van der Waals surface area contributed by atoms with Gasteiger partial charge in [-0.1, -0.05) is 25.5 Å². The van der Waals surface area contributed by atoms with E-state index < -0.39 is 23.3 Å². The van der Waals surface area contributed by atoms with Crippen molar-refractivity contribution >= 4 is 17.8 Å². The molecular formula is C15H20N2O4. The molecular weight excluding hydrogens is 272 g/mol. The summed E-state index contributed by atoms with van der Waals surface area (Å²) in [4.78, 5) is 35.2. The number of carbonyl (C=O) groups is 3. The monoisotopic (exact) mass is 292 g/mol. The van der Waals surface area contributed by atoms with Crippen LogP contribution in [0.5, 0.6) is 0 Å². The summed E-state index contributed by atoms with van der Waals surface area (Å²) in [6.07, 6.45) is 0. The third-order valence-electron chi connectivity index (χ3n) is 3.69. The van der Waals surface area contributed by atoms with Crippen LogP contribution in [0.15, 0.2) is 18.2 Å². The lowest BCUT2D eigenvalue weighted by atomic mass is 9.87. The maximum Gasteiger partial charge on any atom is 0.336 e. The van der Waals surface area contributed by atoms with Crippen molar-refractivity contribution in [3.63, 3.8) is 0 Å². The molecule has 0 saturated heterocycles. The molecule has 0 aromatic heterocycles. The number of hydrogen-bond acceptors (Lipinski definition) is 3. The van der Waals surface area contributed by atoms with Crippen molar-refractivity contribution in [3.8, 4) is 0 Å². The molecule has 6 nitrogen and oxygen atoms in total. The normalized spacial score (nSPS) is 13.6. The number of rotatable bonds is 5. The van der Waals surface area contributed by atoms with E-state index >= 15 is 0 Å².